The van der Waals surface area contributed by atoms with Crippen LogP contribution in [0.1, 0.15) is 15.9 Å². The number of benzene rings is 3. The second-order valence-corrected chi connectivity index (χ2v) is 9.19. The largest absolute Gasteiger partial charge is 0.490 e. The highest BCUT2D eigenvalue weighted by atomic mass is 32.2. The second kappa shape index (κ2) is 9.03. The summed E-state index contributed by atoms with van der Waals surface area (Å²) >= 11 is 0. The maximum atomic E-state index is 12.8. The smallest absolute Gasteiger partial charge is 0.251 e. The van der Waals surface area contributed by atoms with Gasteiger partial charge in [-0.05, 0) is 48.0 Å². The number of hydrogen-bond donors (Lipinski definition) is 1. The molecule has 0 spiro atoms. The van der Waals surface area contributed by atoms with E-state index in [2.05, 4.69) is 21.3 Å². The zero-order valence-electron chi connectivity index (χ0n) is 18.2. The number of fused-ring (bicyclic) bond motifs is 2. The minimum atomic E-state index is -1.01. The van der Waals surface area contributed by atoms with Gasteiger partial charge in [-0.3, -0.25) is 14.0 Å². The first kappa shape index (κ1) is 21.2. The Hall–Kier alpha value is -3.71. The van der Waals surface area contributed by atoms with Gasteiger partial charge in [0.2, 0.25) is 0 Å². The first-order chi connectivity index (χ1) is 16.1. The SMILES string of the molecule is CS(=O)c1ccc(CNC(=O)c2ccc3c(c2)OCCN3c2ccnc3ccccc23)cc1. The summed E-state index contributed by atoms with van der Waals surface area (Å²) in [5.74, 6) is 0.514. The van der Waals surface area contributed by atoms with E-state index < -0.39 is 10.8 Å². The Morgan fingerprint density at radius 3 is 2.70 bits per heavy atom. The monoisotopic (exact) mass is 457 g/mol. The Morgan fingerprint density at radius 1 is 1.06 bits per heavy atom. The van der Waals surface area contributed by atoms with Crippen molar-refractivity contribution in [1.82, 2.24) is 10.3 Å². The highest BCUT2D eigenvalue weighted by Gasteiger charge is 2.22. The molecule has 0 radical (unpaired) electrons. The van der Waals surface area contributed by atoms with E-state index in [-0.39, 0.29) is 5.91 Å². The third kappa shape index (κ3) is 4.32. The lowest BCUT2D eigenvalue weighted by molar-refractivity contribution is 0.0950. The molecule has 7 heteroatoms. The summed E-state index contributed by atoms with van der Waals surface area (Å²) in [6.45, 7) is 1.63. The summed E-state index contributed by atoms with van der Waals surface area (Å²) in [6.07, 6.45) is 3.46. The molecular weight excluding hydrogens is 434 g/mol. The van der Waals surface area contributed by atoms with E-state index in [0.717, 1.165) is 32.7 Å². The predicted molar refractivity (Wildman–Crippen MR) is 131 cm³/mol. The molecule has 33 heavy (non-hydrogen) atoms. The van der Waals surface area contributed by atoms with E-state index in [4.69, 9.17) is 4.74 Å². The number of para-hydroxylation sites is 1. The van der Waals surface area contributed by atoms with Gasteiger partial charge < -0.3 is 15.0 Å². The van der Waals surface area contributed by atoms with Gasteiger partial charge in [0.05, 0.1) is 23.4 Å². The lowest BCUT2D eigenvalue weighted by atomic mass is 10.1. The number of ether oxygens (including phenoxy) is 1. The van der Waals surface area contributed by atoms with E-state index in [0.29, 0.717) is 31.0 Å². The lowest BCUT2D eigenvalue weighted by Gasteiger charge is -2.32. The number of carbonyl (C=O) groups excluding carboxylic acids is 1. The number of carbonyl (C=O) groups is 1. The zero-order chi connectivity index (χ0) is 22.8. The Bertz CT molecular complexity index is 1350. The fraction of sp³-hybridized carbons (Fsp3) is 0.154. The van der Waals surface area contributed by atoms with Crippen molar-refractivity contribution in [2.45, 2.75) is 11.4 Å². The minimum Gasteiger partial charge on any atom is -0.490 e. The fourth-order valence-corrected chi connectivity index (χ4v) is 4.53. The van der Waals surface area contributed by atoms with Gasteiger partial charge in [-0.1, -0.05) is 30.3 Å². The van der Waals surface area contributed by atoms with Crippen LogP contribution in [0.2, 0.25) is 0 Å². The summed E-state index contributed by atoms with van der Waals surface area (Å²) in [5, 5.41) is 4.02. The Kier molecular flexibility index (Phi) is 5.79. The van der Waals surface area contributed by atoms with Crippen LogP contribution in [-0.4, -0.2) is 34.5 Å². The number of anilines is 2. The van der Waals surface area contributed by atoms with Crippen molar-refractivity contribution >= 4 is 39.0 Å². The molecule has 2 heterocycles. The summed E-state index contributed by atoms with van der Waals surface area (Å²) in [6, 6.07) is 23.0. The Labute approximate surface area is 194 Å². The van der Waals surface area contributed by atoms with Crippen LogP contribution < -0.4 is 15.0 Å². The average Bonchev–Trinajstić information content (AvgIpc) is 2.86. The van der Waals surface area contributed by atoms with Crippen LogP contribution in [0.15, 0.2) is 83.9 Å². The molecular formula is C26H23N3O3S. The Morgan fingerprint density at radius 2 is 1.88 bits per heavy atom. The lowest BCUT2D eigenvalue weighted by Crippen LogP contribution is -2.29. The molecule has 6 nitrogen and oxygen atoms in total. The molecule has 0 saturated heterocycles. The van der Waals surface area contributed by atoms with Gasteiger partial charge in [-0.2, -0.15) is 0 Å². The molecule has 1 aliphatic rings. The molecule has 1 aliphatic heterocycles. The van der Waals surface area contributed by atoms with Crippen molar-refractivity contribution in [1.29, 1.82) is 0 Å². The average molecular weight is 458 g/mol. The van der Waals surface area contributed by atoms with Gasteiger partial charge in [-0.15, -0.1) is 0 Å². The van der Waals surface area contributed by atoms with Crippen LogP contribution in [0.3, 0.4) is 0 Å². The van der Waals surface area contributed by atoms with Crippen LogP contribution in [0.4, 0.5) is 11.4 Å². The number of aromatic nitrogens is 1. The predicted octanol–water partition coefficient (Wildman–Crippen LogP) is 4.43. The summed E-state index contributed by atoms with van der Waals surface area (Å²) < 4.78 is 17.4. The van der Waals surface area contributed by atoms with Crippen molar-refractivity contribution in [2.75, 3.05) is 24.3 Å². The van der Waals surface area contributed by atoms with Gasteiger partial charge in [0.25, 0.3) is 5.91 Å². The standard InChI is InChI=1S/C26H23N3O3S/c1-33(31)20-9-6-18(7-10-20)17-28-26(30)19-8-11-24-25(16-19)32-15-14-29(24)23-12-13-27-22-5-3-2-4-21(22)23/h2-13,16H,14-15,17H2,1H3,(H,28,30). The molecule has 1 aromatic heterocycles. The molecule has 1 atom stereocenters. The molecule has 166 valence electrons. The van der Waals surface area contributed by atoms with Crippen molar-refractivity contribution < 1.29 is 13.7 Å². The minimum absolute atomic E-state index is 0.170. The van der Waals surface area contributed by atoms with Crippen LogP contribution in [0.5, 0.6) is 5.75 Å². The van der Waals surface area contributed by atoms with Gasteiger partial charge in [0.1, 0.15) is 12.4 Å². The van der Waals surface area contributed by atoms with Crippen molar-refractivity contribution in [3.63, 3.8) is 0 Å². The van der Waals surface area contributed by atoms with E-state index in [1.165, 1.54) is 0 Å². The van der Waals surface area contributed by atoms with Crippen molar-refractivity contribution in [3.05, 3.63) is 90.1 Å². The zero-order valence-corrected chi connectivity index (χ0v) is 19.0. The molecule has 0 saturated carbocycles. The van der Waals surface area contributed by atoms with Gasteiger partial charge >= 0.3 is 0 Å². The normalized spacial score (nSPS) is 13.8. The summed E-state index contributed by atoms with van der Waals surface area (Å²) in [5.41, 5.74) is 4.43. The second-order valence-electron chi connectivity index (χ2n) is 7.81. The maximum Gasteiger partial charge on any atom is 0.251 e. The number of rotatable bonds is 5. The molecule has 1 unspecified atom stereocenters. The molecule has 5 rings (SSSR count). The first-order valence-electron chi connectivity index (χ1n) is 10.7. The molecule has 0 fully saturated rings. The van der Waals surface area contributed by atoms with Crippen LogP contribution >= 0.6 is 0 Å². The Balaban J connectivity index is 1.36. The van der Waals surface area contributed by atoms with E-state index in [1.54, 1.807) is 12.3 Å². The maximum absolute atomic E-state index is 12.8. The third-order valence-electron chi connectivity index (χ3n) is 5.71. The molecule has 4 aromatic rings. The number of pyridine rings is 1. The van der Waals surface area contributed by atoms with Crippen molar-refractivity contribution in [2.24, 2.45) is 0 Å². The van der Waals surface area contributed by atoms with E-state index in [9.17, 15) is 9.00 Å². The first-order valence-corrected chi connectivity index (χ1v) is 12.2. The quantitative estimate of drug-likeness (QED) is 0.480. The number of amides is 1. The summed E-state index contributed by atoms with van der Waals surface area (Å²) in [4.78, 5) is 20.2. The summed E-state index contributed by atoms with van der Waals surface area (Å²) in [7, 11) is -1.01. The topological polar surface area (TPSA) is 71.5 Å². The molecule has 0 bridgehead atoms. The van der Waals surface area contributed by atoms with Gasteiger partial charge in [0.15, 0.2) is 0 Å². The number of hydrogen-bond acceptors (Lipinski definition) is 5. The fourth-order valence-electron chi connectivity index (χ4n) is 4.01. The van der Waals surface area contributed by atoms with Gasteiger partial charge in [0, 0.05) is 45.6 Å². The van der Waals surface area contributed by atoms with Crippen LogP contribution in [-0.2, 0) is 17.3 Å². The van der Waals surface area contributed by atoms with E-state index >= 15 is 0 Å². The molecule has 1 N–H and O–H groups in total. The highest BCUT2D eigenvalue weighted by molar-refractivity contribution is 7.84. The van der Waals surface area contributed by atoms with Crippen molar-refractivity contribution in [3.8, 4) is 5.75 Å². The molecule has 0 aliphatic carbocycles. The third-order valence-corrected chi connectivity index (χ3v) is 6.65. The highest BCUT2D eigenvalue weighted by Crippen LogP contribution is 2.39. The number of nitrogens with one attached hydrogen (secondary N) is 1. The van der Waals surface area contributed by atoms with Crippen LogP contribution in [0.25, 0.3) is 10.9 Å². The van der Waals surface area contributed by atoms with E-state index in [1.807, 2.05) is 66.9 Å². The van der Waals surface area contributed by atoms with Gasteiger partial charge in [-0.25, -0.2) is 0 Å². The van der Waals surface area contributed by atoms with Crippen LogP contribution in [0, 0.1) is 0 Å². The number of nitrogens with zero attached hydrogens (tertiary/aromatic N) is 2. The molecule has 3 aromatic carbocycles. The molecule has 1 amide bonds.